The van der Waals surface area contributed by atoms with E-state index >= 15 is 0 Å². The number of piperidine rings is 1. The molecule has 1 aromatic carbocycles. The topological polar surface area (TPSA) is 99.8 Å². The number of carbonyl (C=O) groups excluding carboxylic acids is 2. The number of amides is 1. The predicted octanol–water partition coefficient (Wildman–Crippen LogP) is 4.88. The highest BCUT2D eigenvalue weighted by Crippen LogP contribution is 2.35. The van der Waals surface area contributed by atoms with E-state index < -0.39 is 12.5 Å². The first-order chi connectivity index (χ1) is 15.8. The monoisotopic (exact) mass is 483 g/mol. The lowest BCUT2D eigenvalue weighted by Crippen LogP contribution is -2.26. The third kappa shape index (κ3) is 7.40. The van der Waals surface area contributed by atoms with Crippen molar-refractivity contribution in [2.45, 2.75) is 50.6 Å². The second-order valence-corrected chi connectivity index (χ2v) is 8.23. The van der Waals surface area contributed by atoms with Gasteiger partial charge in [-0.2, -0.15) is 18.2 Å². The smallest absolute Gasteiger partial charge is 0.319 e. The molecule has 1 aliphatic carbocycles. The Bertz CT molecular complexity index is 1000. The Balaban J connectivity index is 0.000000454. The number of carbonyl (C=O) groups is 2. The van der Waals surface area contributed by atoms with E-state index in [4.69, 9.17) is 16.4 Å². The van der Waals surface area contributed by atoms with Crippen LogP contribution in [0.4, 0.5) is 18.9 Å². The molecule has 0 saturated carbocycles. The third-order valence-electron chi connectivity index (χ3n) is 5.53. The molecule has 1 saturated heterocycles. The van der Waals surface area contributed by atoms with Gasteiger partial charge in [0.05, 0.1) is 0 Å². The largest absolute Gasteiger partial charge is 0.446 e. The zero-order chi connectivity index (χ0) is 23.8. The lowest BCUT2D eigenvalue weighted by atomic mass is 9.86. The van der Waals surface area contributed by atoms with Gasteiger partial charge in [-0.15, -0.1) is 5.10 Å². The van der Waals surface area contributed by atoms with E-state index in [0.29, 0.717) is 5.92 Å². The van der Waals surface area contributed by atoms with E-state index in [-0.39, 0.29) is 17.0 Å². The summed E-state index contributed by atoms with van der Waals surface area (Å²) < 4.78 is 31.2. The second kappa shape index (κ2) is 11.4. The molecule has 1 amide bonds. The summed E-state index contributed by atoms with van der Waals surface area (Å²) in [6.45, 7) is 2.12. The lowest BCUT2D eigenvalue weighted by molar-refractivity contribution is -0.156. The van der Waals surface area contributed by atoms with Crippen LogP contribution in [0.5, 0.6) is 0 Å². The van der Waals surface area contributed by atoms with Crippen molar-refractivity contribution in [1.29, 1.82) is 0 Å². The summed E-state index contributed by atoms with van der Waals surface area (Å²) in [5, 5.41) is 12.8. The molecule has 0 atom stereocenters. The predicted molar refractivity (Wildman–Crippen MR) is 119 cm³/mol. The normalized spacial score (nSPS) is 16.9. The number of aldehydes is 1. The van der Waals surface area contributed by atoms with Gasteiger partial charge in [0, 0.05) is 11.3 Å². The SMILES string of the molecule is O=C(Nc1ccc(C2CCNCC2)cc1C1=CCCCC1)c1n[nH]c(Cl)n1.O=CC(F)(F)F. The minimum atomic E-state index is -4.64. The van der Waals surface area contributed by atoms with Crippen LogP contribution in [0.3, 0.4) is 0 Å². The van der Waals surface area contributed by atoms with Gasteiger partial charge in [-0.05, 0) is 92.4 Å². The van der Waals surface area contributed by atoms with Crippen LogP contribution in [0.25, 0.3) is 5.57 Å². The summed E-state index contributed by atoms with van der Waals surface area (Å²) in [6.07, 6.45) is 3.47. The minimum Gasteiger partial charge on any atom is -0.319 e. The molecule has 1 aromatic heterocycles. The molecule has 33 heavy (non-hydrogen) atoms. The number of halogens is 4. The van der Waals surface area contributed by atoms with E-state index in [0.717, 1.165) is 50.0 Å². The molecular formula is C22H25ClF3N5O2. The van der Waals surface area contributed by atoms with E-state index in [9.17, 15) is 18.0 Å². The summed E-state index contributed by atoms with van der Waals surface area (Å²) in [5.41, 5.74) is 4.62. The Hall–Kier alpha value is -2.72. The van der Waals surface area contributed by atoms with E-state index in [2.05, 4.69) is 44.0 Å². The van der Waals surface area contributed by atoms with Crippen molar-refractivity contribution < 1.29 is 22.8 Å². The van der Waals surface area contributed by atoms with Crippen molar-refractivity contribution in [2.75, 3.05) is 18.4 Å². The molecule has 0 spiro atoms. The van der Waals surface area contributed by atoms with Gasteiger partial charge in [-0.1, -0.05) is 12.1 Å². The standard InChI is InChI=1S/C20H24ClN5O.C2HF3O/c21-20-24-18(25-26-20)19(27)23-17-7-6-15(13-8-10-22-11-9-13)12-16(17)14-4-2-1-3-5-14;3-2(4,5)1-6/h4,6-7,12-13,22H,1-3,5,8-11H2,(H,23,27)(H,24,25,26);1H. The number of hydrogen-bond donors (Lipinski definition) is 3. The maximum absolute atomic E-state index is 12.5. The minimum absolute atomic E-state index is 0.0472. The van der Waals surface area contributed by atoms with Gasteiger partial charge in [0.1, 0.15) is 0 Å². The molecule has 2 heterocycles. The highest BCUT2D eigenvalue weighted by atomic mass is 35.5. The molecule has 3 N–H and O–H groups in total. The molecule has 4 rings (SSSR count). The number of rotatable bonds is 4. The molecule has 1 aliphatic heterocycles. The van der Waals surface area contributed by atoms with Gasteiger partial charge < -0.3 is 10.6 Å². The van der Waals surface area contributed by atoms with Gasteiger partial charge in [-0.3, -0.25) is 9.59 Å². The van der Waals surface area contributed by atoms with Gasteiger partial charge in [0.25, 0.3) is 5.91 Å². The molecule has 2 aromatic rings. The van der Waals surface area contributed by atoms with Crippen molar-refractivity contribution in [1.82, 2.24) is 20.5 Å². The first kappa shape index (κ1) is 24.9. The summed E-state index contributed by atoms with van der Waals surface area (Å²) in [4.78, 5) is 25.1. The highest BCUT2D eigenvalue weighted by molar-refractivity contribution is 6.28. The first-order valence-corrected chi connectivity index (χ1v) is 11.1. The number of aromatic amines is 1. The second-order valence-electron chi connectivity index (χ2n) is 7.87. The van der Waals surface area contributed by atoms with E-state index in [1.54, 1.807) is 0 Å². The maximum atomic E-state index is 12.5. The number of anilines is 1. The van der Waals surface area contributed by atoms with Crippen LogP contribution >= 0.6 is 11.6 Å². The van der Waals surface area contributed by atoms with Crippen molar-refractivity contribution in [2.24, 2.45) is 0 Å². The van der Waals surface area contributed by atoms with Crippen LogP contribution in [-0.2, 0) is 4.79 Å². The Morgan fingerprint density at radius 2 is 1.94 bits per heavy atom. The van der Waals surface area contributed by atoms with Crippen LogP contribution < -0.4 is 10.6 Å². The van der Waals surface area contributed by atoms with Crippen molar-refractivity contribution in [3.63, 3.8) is 0 Å². The lowest BCUT2D eigenvalue weighted by Gasteiger charge is -2.25. The quantitative estimate of drug-likeness (QED) is 0.538. The van der Waals surface area contributed by atoms with Crippen LogP contribution in [-0.4, -0.2) is 46.6 Å². The molecule has 0 unspecified atom stereocenters. The van der Waals surface area contributed by atoms with Gasteiger partial charge >= 0.3 is 6.18 Å². The molecular weight excluding hydrogens is 459 g/mol. The fourth-order valence-corrected chi connectivity index (χ4v) is 4.07. The number of benzene rings is 1. The number of H-pyrrole nitrogens is 1. The van der Waals surface area contributed by atoms with Crippen LogP contribution in [0.2, 0.25) is 5.28 Å². The Morgan fingerprint density at radius 1 is 1.21 bits per heavy atom. The van der Waals surface area contributed by atoms with Crippen LogP contribution in [0, 0.1) is 0 Å². The molecule has 178 valence electrons. The molecule has 7 nitrogen and oxygen atoms in total. The molecule has 2 aliphatic rings. The Labute approximate surface area is 194 Å². The molecule has 11 heteroatoms. The zero-order valence-electron chi connectivity index (χ0n) is 17.8. The Morgan fingerprint density at radius 3 is 2.52 bits per heavy atom. The van der Waals surface area contributed by atoms with Crippen molar-refractivity contribution in [3.05, 3.63) is 46.5 Å². The summed E-state index contributed by atoms with van der Waals surface area (Å²) in [7, 11) is 0. The van der Waals surface area contributed by atoms with Crippen molar-refractivity contribution >= 4 is 35.1 Å². The number of allylic oxidation sites excluding steroid dienone is 2. The van der Waals surface area contributed by atoms with E-state index in [1.165, 1.54) is 24.0 Å². The summed E-state index contributed by atoms with van der Waals surface area (Å²) >= 11 is 5.74. The first-order valence-electron chi connectivity index (χ1n) is 10.7. The van der Waals surface area contributed by atoms with E-state index in [1.807, 2.05) is 6.07 Å². The number of hydrogen-bond acceptors (Lipinski definition) is 5. The molecule has 0 radical (unpaired) electrons. The fourth-order valence-electron chi connectivity index (χ4n) is 3.95. The van der Waals surface area contributed by atoms with Crippen LogP contribution in [0.1, 0.15) is 66.2 Å². The average molecular weight is 484 g/mol. The van der Waals surface area contributed by atoms with Crippen LogP contribution in [0.15, 0.2) is 24.3 Å². The number of nitrogens with zero attached hydrogens (tertiary/aromatic N) is 2. The van der Waals surface area contributed by atoms with Crippen molar-refractivity contribution in [3.8, 4) is 0 Å². The Kier molecular flexibility index (Phi) is 8.62. The van der Waals surface area contributed by atoms with Gasteiger partial charge in [0.15, 0.2) is 0 Å². The van der Waals surface area contributed by atoms with Gasteiger partial charge in [0.2, 0.25) is 17.4 Å². The summed E-state index contributed by atoms with van der Waals surface area (Å²) in [5.74, 6) is 0.266. The summed E-state index contributed by atoms with van der Waals surface area (Å²) in [6, 6.07) is 6.44. The maximum Gasteiger partial charge on any atom is 0.446 e. The zero-order valence-corrected chi connectivity index (χ0v) is 18.6. The number of aromatic nitrogens is 3. The third-order valence-corrected chi connectivity index (χ3v) is 5.70. The fraction of sp³-hybridized carbons (Fsp3) is 0.455. The molecule has 0 bridgehead atoms. The highest BCUT2D eigenvalue weighted by Gasteiger charge is 2.25. The average Bonchev–Trinajstić information content (AvgIpc) is 3.27. The number of alkyl halides is 3. The van der Waals surface area contributed by atoms with Gasteiger partial charge in [-0.25, -0.2) is 5.10 Å². The number of nitrogens with one attached hydrogen (secondary N) is 3. The molecule has 1 fully saturated rings.